The summed E-state index contributed by atoms with van der Waals surface area (Å²) in [5, 5.41) is 0. The highest BCUT2D eigenvalue weighted by molar-refractivity contribution is 5.76. The predicted molar refractivity (Wildman–Crippen MR) is 57.0 cm³/mol. The number of carbonyl (C=O) groups excluding carboxylic acids is 1. The number of hydrogen-bond donors (Lipinski definition) is 1. The summed E-state index contributed by atoms with van der Waals surface area (Å²) in [6.07, 6.45) is 2.56. The molecule has 1 aliphatic rings. The fourth-order valence-corrected chi connectivity index (χ4v) is 1.63. The molecule has 0 unspecified atom stereocenters. The molecule has 1 aliphatic heterocycles. The summed E-state index contributed by atoms with van der Waals surface area (Å²) in [6, 6.07) is 0. The zero-order valence-electron chi connectivity index (χ0n) is 9.04. The molecule has 0 radical (unpaired) electrons. The molecule has 0 spiro atoms. The SMILES string of the molecule is CN1CCN(C(=O)CCCCN)CC1. The topological polar surface area (TPSA) is 49.6 Å². The summed E-state index contributed by atoms with van der Waals surface area (Å²) in [6.45, 7) is 4.47. The molecule has 4 nitrogen and oxygen atoms in total. The average molecular weight is 199 g/mol. The molecule has 0 saturated carbocycles. The second kappa shape index (κ2) is 5.98. The fourth-order valence-electron chi connectivity index (χ4n) is 1.63. The lowest BCUT2D eigenvalue weighted by molar-refractivity contribution is -0.132. The van der Waals surface area contributed by atoms with Crippen LogP contribution in [0.3, 0.4) is 0 Å². The number of piperazine rings is 1. The van der Waals surface area contributed by atoms with E-state index in [1.54, 1.807) is 0 Å². The third kappa shape index (κ3) is 3.64. The van der Waals surface area contributed by atoms with Gasteiger partial charge in [-0.15, -0.1) is 0 Å². The zero-order valence-corrected chi connectivity index (χ0v) is 9.04. The molecule has 0 aromatic carbocycles. The third-order valence-corrected chi connectivity index (χ3v) is 2.70. The van der Waals surface area contributed by atoms with Crippen molar-refractivity contribution >= 4 is 5.91 Å². The van der Waals surface area contributed by atoms with Crippen LogP contribution in [0.5, 0.6) is 0 Å². The van der Waals surface area contributed by atoms with Crippen molar-refractivity contribution in [3.8, 4) is 0 Å². The van der Waals surface area contributed by atoms with E-state index in [0.29, 0.717) is 18.9 Å². The second-order valence-electron chi connectivity index (χ2n) is 3.93. The number of amides is 1. The largest absolute Gasteiger partial charge is 0.340 e. The van der Waals surface area contributed by atoms with Crippen LogP contribution in [0.1, 0.15) is 19.3 Å². The van der Waals surface area contributed by atoms with Crippen LogP contribution in [0.15, 0.2) is 0 Å². The first-order valence-corrected chi connectivity index (χ1v) is 5.40. The molecule has 0 atom stereocenters. The van der Waals surface area contributed by atoms with E-state index in [1.807, 2.05) is 4.90 Å². The van der Waals surface area contributed by atoms with Crippen LogP contribution >= 0.6 is 0 Å². The minimum Gasteiger partial charge on any atom is -0.340 e. The standard InChI is InChI=1S/C10H21N3O/c1-12-6-8-13(9-7-12)10(14)4-2-3-5-11/h2-9,11H2,1H3. The van der Waals surface area contributed by atoms with Gasteiger partial charge in [0.25, 0.3) is 0 Å². The number of nitrogens with two attached hydrogens (primary N) is 1. The Morgan fingerprint density at radius 3 is 2.43 bits per heavy atom. The van der Waals surface area contributed by atoms with Gasteiger partial charge in [0.05, 0.1) is 0 Å². The van der Waals surface area contributed by atoms with Crippen molar-refractivity contribution < 1.29 is 4.79 Å². The molecule has 2 N–H and O–H groups in total. The Labute approximate surface area is 86.0 Å². The van der Waals surface area contributed by atoms with Crippen molar-refractivity contribution in [1.82, 2.24) is 9.80 Å². The Morgan fingerprint density at radius 2 is 1.86 bits per heavy atom. The van der Waals surface area contributed by atoms with Gasteiger partial charge < -0.3 is 15.5 Å². The maximum absolute atomic E-state index is 11.6. The van der Waals surface area contributed by atoms with E-state index in [9.17, 15) is 4.79 Å². The average Bonchev–Trinajstić information content (AvgIpc) is 2.19. The summed E-state index contributed by atoms with van der Waals surface area (Å²) < 4.78 is 0. The van der Waals surface area contributed by atoms with Crippen LogP contribution in [0.25, 0.3) is 0 Å². The van der Waals surface area contributed by atoms with Gasteiger partial charge in [-0.05, 0) is 26.4 Å². The predicted octanol–water partition coefficient (Wildman–Crippen LogP) is -0.111. The molecule has 0 aromatic heterocycles. The van der Waals surface area contributed by atoms with E-state index >= 15 is 0 Å². The van der Waals surface area contributed by atoms with Gasteiger partial charge in [-0.1, -0.05) is 0 Å². The highest BCUT2D eigenvalue weighted by Crippen LogP contribution is 2.04. The number of hydrogen-bond acceptors (Lipinski definition) is 3. The molecule has 1 rings (SSSR count). The minimum atomic E-state index is 0.298. The van der Waals surface area contributed by atoms with Gasteiger partial charge in [-0.2, -0.15) is 0 Å². The number of unbranched alkanes of at least 4 members (excludes halogenated alkanes) is 1. The molecular formula is C10H21N3O. The Morgan fingerprint density at radius 1 is 1.21 bits per heavy atom. The Hall–Kier alpha value is -0.610. The lowest BCUT2D eigenvalue weighted by Crippen LogP contribution is -2.47. The molecule has 82 valence electrons. The molecular weight excluding hydrogens is 178 g/mol. The molecule has 4 heteroatoms. The molecule has 1 heterocycles. The third-order valence-electron chi connectivity index (χ3n) is 2.70. The monoisotopic (exact) mass is 199 g/mol. The number of nitrogens with zero attached hydrogens (tertiary/aromatic N) is 2. The van der Waals surface area contributed by atoms with Gasteiger partial charge in [0.1, 0.15) is 0 Å². The zero-order chi connectivity index (χ0) is 10.4. The van der Waals surface area contributed by atoms with Crippen LogP contribution in [-0.4, -0.2) is 55.5 Å². The maximum Gasteiger partial charge on any atom is 0.222 e. The van der Waals surface area contributed by atoms with E-state index in [1.165, 1.54) is 0 Å². The van der Waals surface area contributed by atoms with Crippen LogP contribution in [-0.2, 0) is 4.79 Å². The number of likely N-dealkylation sites (N-methyl/N-ethyl adjacent to an activating group) is 1. The molecule has 14 heavy (non-hydrogen) atoms. The van der Waals surface area contributed by atoms with E-state index < -0.39 is 0 Å². The summed E-state index contributed by atoms with van der Waals surface area (Å²) in [4.78, 5) is 15.9. The number of carbonyl (C=O) groups is 1. The lowest BCUT2D eigenvalue weighted by Gasteiger charge is -2.32. The smallest absolute Gasteiger partial charge is 0.222 e. The van der Waals surface area contributed by atoms with Crippen molar-refractivity contribution in [2.75, 3.05) is 39.8 Å². The van der Waals surface area contributed by atoms with Gasteiger partial charge in [0.15, 0.2) is 0 Å². The Kier molecular flexibility index (Phi) is 4.90. The number of rotatable bonds is 4. The molecule has 1 amide bonds. The van der Waals surface area contributed by atoms with Crippen molar-refractivity contribution in [1.29, 1.82) is 0 Å². The van der Waals surface area contributed by atoms with Crippen molar-refractivity contribution in [3.63, 3.8) is 0 Å². The van der Waals surface area contributed by atoms with Gasteiger partial charge in [-0.3, -0.25) is 4.79 Å². The second-order valence-corrected chi connectivity index (χ2v) is 3.93. The molecule has 0 aromatic rings. The molecule has 0 bridgehead atoms. The Bertz CT molecular complexity index is 176. The van der Waals surface area contributed by atoms with E-state index in [2.05, 4.69) is 11.9 Å². The van der Waals surface area contributed by atoms with Crippen LogP contribution in [0.2, 0.25) is 0 Å². The molecule has 1 fully saturated rings. The van der Waals surface area contributed by atoms with Crippen LogP contribution in [0, 0.1) is 0 Å². The summed E-state index contributed by atoms with van der Waals surface area (Å²) in [5.74, 6) is 0.298. The van der Waals surface area contributed by atoms with Gasteiger partial charge in [0, 0.05) is 32.6 Å². The highest BCUT2D eigenvalue weighted by Gasteiger charge is 2.17. The van der Waals surface area contributed by atoms with Crippen LogP contribution in [0.4, 0.5) is 0 Å². The van der Waals surface area contributed by atoms with Gasteiger partial charge >= 0.3 is 0 Å². The molecule has 1 saturated heterocycles. The van der Waals surface area contributed by atoms with Gasteiger partial charge in [0.2, 0.25) is 5.91 Å². The van der Waals surface area contributed by atoms with Crippen LogP contribution < -0.4 is 5.73 Å². The summed E-state index contributed by atoms with van der Waals surface area (Å²) >= 11 is 0. The molecule has 0 aliphatic carbocycles. The maximum atomic E-state index is 11.6. The van der Waals surface area contributed by atoms with E-state index in [0.717, 1.165) is 39.0 Å². The highest BCUT2D eigenvalue weighted by atomic mass is 16.2. The first kappa shape index (κ1) is 11.5. The Balaban J connectivity index is 2.17. The fraction of sp³-hybridized carbons (Fsp3) is 0.900. The first-order chi connectivity index (χ1) is 6.74. The quantitative estimate of drug-likeness (QED) is 0.643. The summed E-state index contributed by atoms with van der Waals surface area (Å²) in [5.41, 5.74) is 5.38. The lowest BCUT2D eigenvalue weighted by atomic mass is 10.2. The van der Waals surface area contributed by atoms with E-state index in [-0.39, 0.29) is 0 Å². The van der Waals surface area contributed by atoms with Crippen molar-refractivity contribution in [3.05, 3.63) is 0 Å². The van der Waals surface area contributed by atoms with Crippen molar-refractivity contribution in [2.45, 2.75) is 19.3 Å². The van der Waals surface area contributed by atoms with E-state index in [4.69, 9.17) is 5.73 Å². The first-order valence-electron chi connectivity index (χ1n) is 5.40. The summed E-state index contributed by atoms with van der Waals surface area (Å²) in [7, 11) is 2.09. The van der Waals surface area contributed by atoms with Gasteiger partial charge in [-0.25, -0.2) is 0 Å². The normalized spacial score (nSPS) is 18.6. The van der Waals surface area contributed by atoms with Crippen molar-refractivity contribution in [2.24, 2.45) is 5.73 Å². The minimum absolute atomic E-state index is 0.298.